The minimum atomic E-state index is -0.377. The number of hydrogen-bond donors (Lipinski definition) is 1. The maximum Gasteiger partial charge on any atom is 0.226 e. The third kappa shape index (κ3) is 2.54. The average molecular weight is 362 g/mol. The number of aromatic nitrogens is 3. The van der Waals surface area contributed by atoms with Gasteiger partial charge in [-0.15, -0.1) is 0 Å². The Morgan fingerprint density at radius 3 is 2.81 bits per heavy atom. The fraction of sp³-hybridized carbons (Fsp3) is 0.250. The van der Waals surface area contributed by atoms with Crippen molar-refractivity contribution in [1.82, 2.24) is 14.8 Å². The van der Waals surface area contributed by atoms with Crippen LogP contribution < -0.4 is 10.1 Å². The first-order chi connectivity index (χ1) is 13.2. The molecular formula is C20H18N4O3. The van der Waals surface area contributed by atoms with Gasteiger partial charge in [0.15, 0.2) is 5.78 Å². The van der Waals surface area contributed by atoms with E-state index >= 15 is 0 Å². The summed E-state index contributed by atoms with van der Waals surface area (Å²) in [6, 6.07) is 11.2. The van der Waals surface area contributed by atoms with E-state index in [4.69, 9.17) is 9.15 Å². The maximum absolute atomic E-state index is 13.1. The number of ether oxygens (including phenoxy) is 1. The van der Waals surface area contributed by atoms with E-state index in [9.17, 15) is 4.79 Å². The number of carbonyl (C=O) groups excluding carboxylic acids is 1. The predicted molar refractivity (Wildman–Crippen MR) is 97.5 cm³/mol. The monoisotopic (exact) mass is 362 g/mol. The van der Waals surface area contributed by atoms with Gasteiger partial charge in [-0.2, -0.15) is 10.1 Å². The molecule has 2 aliphatic rings. The molecule has 0 spiro atoms. The molecule has 136 valence electrons. The quantitative estimate of drug-likeness (QED) is 0.770. The molecule has 1 aliphatic heterocycles. The van der Waals surface area contributed by atoms with Gasteiger partial charge < -0.3 is 14.5 Å². The molecule has 7 nitrogen and oxygen atoms in total. The lowest BCUT2D eigenvalue weighted by Gasteiger charge is -2.34. The van der Waals surface area contributed by atoms with Crippen LogP contribution in [-0.4, -0.2) is 27.7 Å². The van der Waals surface area contributed by atoms with E-state index in [2.05, 4.69) is 15.4 Å². The Bertz CT molecular complexity index is 1020. The van der Waals surface area contributed by atoms with Crippen LogP contribution in [0.25, 0.3) is 0 Å². The highest BCUT2D eigenvalue weighted by molar-refractivity contribution is 6.00. The van der Waals surface area contributed by atoms with Crippen LogP contribution in [0, 0.1) is 0 Å². The lowest BCUT2D eigenvalue weighted by molar-refractivity contribution is -0.116. The topological polar surface area (TPSA) is 82.2 Å². The minimum absolute atomic E-state index is 0.104. The van der Waals surface area contributed by atoms with Crippen LogP contribution in [-0.2, 0) is 4.79 Å². The lowest BCUT2D eigenvalue weighted by Crippen LogP contribution is -2.33. The standard InChI is InChI=1S/C20H18N4O3/c1-26-14-6-4-12(5-7-14)13-9-15-18(16(25)10-13)19(17-3-2-8-27-17)24-20(23-15)21-11-22-24/h2-8,11,13,19H,9-10H2,1H3,(H,21,22,23). The number of methoxy groups -OCH3 is 1. The Kier molecular flexibility index (Phi) is 3.60. The Balaban J connectivity index is 1.54. The average Bonchev–Trinajstić information content (AvgIpc) is 3.38. The van der Waals surface area contributed by atoms with Crippen LogP contribution in [0.15, 0.2) is 64.7 Å². The van der Waals surface area contributed by atoms with Gasteiger partial charge in [0.05, 0.1) is 13.4 Å². The molecule has 2 unspecified atom stereocenters. The van der Waals surface area contributed by atoms with Gasteiger partial charge in [0.25, 0.3) is 0 Å². The van der Waals surface area contributed by atoms with E-state index in [1.807, 2.05) is 36.4 Å². The number of fused-ring (bicyclic) bond motifs is 1. The van der Waals surface area contributed by atoms with E-state index in [1.54, 1.807) is 18.1 Å². The zero-order valence-corrected chi connectivity index (χ0v) is 14.8. The van der Waals surface area contributed by atoms with E-state index in [0.717, 1.165) is 23.4 Å². The Morgan fingerprint density at radius 1 is 1.22 bits per heavy atom. The second-order valence-corrected chi connectivity index (χ2v) is 6.76. The smallest absolute Gasteiger partial charge is 0.226 e. The summed E-state index contributed by atoms with van der Waals surface area (Å²) in [5.74, 6) is 2.33. The first kappa shape index (κ1) is 15.9. The van der Waals surface area contributed by atoms with Gasteiger partial charge in [0.2, 0.25) is 5.95 Å². The predicted octanol–water partition coefficient (Wildman–Crippen LogP) is 3.30. The second-order valence-electron chi connectivity index (χ2n) is 6.76. The van der Waals surface area contributed by atoms with Gasteiger partial charge in [0.1, 0.15) is 23.9 Å². The molecule has 5 rings (SSSR count). The summed E-state index contributed by atoms with van der Waals surface area (Å²) in [6.07, 6.45) is 4.29. The summed E-state index contributed by atoms with van der Waals surface area (Å²) in [5.41, 5.74) is 2.74. The molecule has 0 saturated heterocycles. The molecule has 0 radical (unpaired) electrons. The first-order valence-corrected chi connectivity index (χ1v) is 8.84. The highest BCUT2D eigenvalue weighted by Gasteiger charge is 2.40. The molecule has 0 amide bonds. The van der Waals surface area contributed by atoms with E-state index in [0.29, 0.717) is 23.7 Å². The number of hydrogen-bond acceptors (Lipinski definition) is 6. The van der Waals surface area contributed by atoms with Gasteiger partial charge in [-0.1, -0.05) is 12.1 Å². The molecule has 7 heteroatoms. The molecule has 1 N–H and O–H groups in total. The fourth-order valence-corrected chi connectivity index (χ4v) is 3.97. The number of benzene rings is 1. The highest BCUT2D eigenvalue weighted by atomic mass is 16.5. The van der Waals surface area contributed by atoms with E-state index in [1.165, 1.54) is 6.33 Å². The van der Waals surface area contributed by atoms with Crippen LogP contribution in [0.5, 0.6) is 5.75 Å². The van der Waals surface area contributed by atoms with Crippen molar-refractivity contribution in [3.63, 3.8) is 0 Å². The number of nitrogens with one attached hydrogen (secondary N) is 1. The summed E-state index contributed by atoms with van der Waals surface area (Å²) >= 11 is 0. The number of carbonyl (C=O) groups is 1. The van der Waals surface area contributed by atoms with E-state index in [-0.39, 0.29) is 17.7 Å². The van der Waals surface area contributed by atoms with Crippen LogP contribution in [0.4, 0.5) is 5.95 Å². The molecule has 1 aliphatic carbocycles. The molecular weight excluding hydrogens is 344 g/mol. The van der Waals surface area contributed by atoms with Crippen LogP contribution in [0.1, 0.15) is 36.1 Å². The number of ketones is 1. The van der Waals surface area contributed by atoms with Crippen LogP contribution in [0.2, 0.25) is 0 Å². The van der Waals surface area contributed by atoms with Gasteiger partial charge in [-0.25, -0.2) is 4.68 Å². The van der Waals surface area contributed by atoms with Crippen LogP contribution >= 0.6 is 0 Å². The molecule has 1 aromatic carbocycles. The van der Waals surface area contributed by atoms with Gasteiger partial charge in [-0.3, -0.25) is 4.79 Å². The molecule has 0 saturated carbocycles. The van der Waals surface area contributed by atoms with Gasteiger partial charge in [-0.05, 0) is 42.2 Å². The Morgan fingerprint density at radius 2 is 2.07 bits per heavy atom. The SMILES string of the molecule is COc1ccc(C2CC(=O)C3=C(C2)Nc2ncnn2C3c2ccco2)cc1. The molecule has 3 aromatic rings. The first-order valence-electron chi connectivity index (χ1n) is 8.84. The van der Waals surface area contributed by atoms with Gasteiger partial charge in [0, 0.05) is 17.7 Å². The molecule has 27 heavy (non-hydrogen) atoms. The molecule has 2 aromatic heterocycles. The van der Waals surface area contributed by atoms with Crippen molar-refractivity contribution >= 4 is 11.7 Å². The molecule has 0 bridgehead atoms. The largest absolute Gasteiger partial charge is 0.497 e. The summed E-state index contributed by atoms with van der Waals surface area (Å²) in [7, 11) is 1.65. The van der Waals surface area contributed by atoms with Crippen molar-refractivity contribution in [2.75, 3.05) is 12.4 Å². The molecule has 0 fully saturated rings. The number of anilines is 1. The van der Waals surface area contributed by atoms with Crippen molar-refractivity contribution in [1.29, 1.82) is 0 Å². The molecule has 3 heterocycles. The fourth-order valence-electron chi connectivity index (χ4n) is 3.97. The number of allylic oxidation sites excluding steroid dienone is 2. The summed E-state index contributed by atoms with van der Waals surface area (Å²) in [6.45, 7) is 0. The van der Waals surface area contributed by atoms with Gasteiger partial charge >= 0.3 is 0 Å². The van der Waals surface area contributed by atoms with Crippen molar-refractivity contribution < 1.29 is 13.9 Å². The summed E-state index contributed by atoms with van der Waals surface area (Å²) in [5, 5.41) is 7.60. The van der Waals surface area contributed by atoms with Crippen molar-refractivity contribution in [3.05, 3.63) is 71.6 Å². The summed E-state index contributed by atoms with van der Waals surface area (Å²) < 4.78 is 12.6. The minimum Gasteiger partial charge on any atom is -0.497 e. The Labute approximate surface area is 155 Å². The third-order valence-electron chi connectivity index (χ3n) is 5.26. The zero-order valence-electron chi connectivity index (χ0n) is 14.8. The van der Waals surface area contributed by atoms with Crippen LogP contribution in [0.3, 0.4) is 0 Å². The maximum atomic E-state index is 13.1. The highest BCUT2D eigenvalue weighted by Crippen LogP contribution is 2.43. The zero-order chi connectivity index (χ0) is 18.4. The third-order valence-corrected chi connectivity index (χ3v) is 5.26. The number of rotatable bonds is 3. The normalized spacial score (nSPS) is 21.4. The Hall–Kier alpha value is -3.35. The van der Waals surface area contributed by atoms with E-state index < -0.39 is 0 Å². The number of Topliss-reactive ketones (excluding diaryl/α,β-unsaturated/α-hetero) is 1. The molecule has 2 atom stereocenters. The van der Waals surface area contributed by atoms with Crippen molar-refractivity contribution in [2.45, 2.75) is 24.8 Å². The van der Waals surface area contributed by atoms with Crippen molar-refractivity contribution in [2.24, 2.45) is 0 Å². The second kappa shape index (κ2) is 6.12. The number of furan rings is 1. The summed E-state index contributed by atoms with van der Waals surface area (Å²) in [4.78, 5) is 17.4. The lowest BCUT2D eigenvalue weighted by atomic mass is 9.78. The number of nitrogens with zero attached hydrogens (tertiary/aromatic N) is 3. The van der Waals surface area contributed by atoms with Crippen molar-refractivity contribution in [3.8, 4) is 5.75 Å².